The van der Waals surface area contributed by atoms with Crippen LogP contribution in [0.5, 0.6) is 5.75 Å². The molecule has 3 amide bonds. The van der Waals surface area contributed by atoms with Gasteiger partial charge in [-0.1, -0.05) is 41.9 Å². The van der Waals surface area contributed by atoms with Crippen LogP contribution in [-0.4, -0.2) is 30.9 Å². The van der Waals surface area contributed by atoms with E-state index in [4.69, 9.17) is 16.3 Å². The van der Waals surface area contributed by atoms with Gasteiger partial charge in [0.15, 0.2) is 6.61 Å². The summed E-state index contributed by atoms with van der Waals surface area (Å²) in [7, 11) is 0. The Bertz CT molecular complexity index is 1060. The Morgan fingerprint density at radius 2 is 1.35 bits per heavy atom. The minimum Gasteiger partial charge on any atom is -0.483 e. The number of carbonyl (C=O) groups is 3. The van der Waals surface area contributed by atoms with E-state index >= 15 is 0 Å². The van der Waals surface area contributed by atoms with Crippen molar-refractivity contribution in [1.29, 1.82) is 0 Å². The molecule has 0 aliphatic carbocycles. The molecular weight excluding hydrogens is 418 g/mol. The highest BCUT2D eigenvalue weighted by molar-refractivity contribution is 6.30. The van der Waals surface area contributed by atoms with E-state index in [1.165, 1.54) is 0 Å². The van der Waals surface area contributed by atoms with Gasteiger partial charge in [0.2, 0.25) is 5.91 Å². The predicted molar refractivity (Wildman–Crippen MR) is 119 cm³/mol. The quantitative estimate of drug-likeness (QED) is 0.500. The number of anilines is 2. The van der Waals surface area contributed by atoms with Crippen LogP contribution in [0, 0.1) is 0 Å². The number of carbonyl (C=O) groups excluding carboxylic acids is 3. The van der Waals surface area contributed by atoms with Gasteiger partial charge in [0.25, 0.3) is 11.8 Å². The highest BCUT2D eigenvalue weighted by Crippen LogP contribution is 2.18. The lowest BCUT2D eigenvalue weighted by Crippen LogP contribution is -2.33. The molecule has 0 unspecified atom stereocenters. The summed E-state index contributed by atoms with van der Waals surface area (Å²) in [5.41, 5.74) is 1.43. The molecule has 31 heavy (non-hydrogen) atoms. The molecule has 3 aromatic rings. The Morgan fingerprint density at radius 1 is 0.742 bits per heavy atom. The van der Waals surface area contributed by atoms with Crippen LogP contribution >= 0.6 is 11.6 Å². The second-order valence-corrected chi connectivity index (χ2v) is 6.87. The van der Waals surface area contributed by atoms with Gasteiger partial charge in [0.05, 0.1) is 12.1 Å². The zero-order valence-corrected chi connectivity index (χ0v) is 17.2. The lowest BCUT2D eigenvalue weighted by molar-refractivity contribution is -0.118. The minimum atomic E-state index is -0.489. The van der Waals surface area contributed by atoms with Gasteiger partial charge in [-0.25, -0.2) is 0 Å². The van der Waals surface area contributed by atoms with Gasteiger partial charge in [0, 0.05) is 16.4 Å². The predicted octanol–water partition coefficient (Wildman–Crippen LogP) is 3.73. The first-order valence-corrected chi connectivity index (χ1v) is 9.79. The van der Waals surface area contributed by atoms with Gasteiger partial charge in [-0.2, -0.15) is 0 Å². The summed E-state index contributed by atoms with van der Waals surface area (Å²) in [6.45, 7) is -0.499. The first-order valence-electron chi connectivity index (χ1n) is 9.41. The Labute approximate surface area is 184 Å². The summed E-state index contributed by atoms with van der Waals surface area (Å²) in [5.74, 6) is -1.01. The third-order valence-corrected chi connectivity index (χ3v) is 4.34. The number of halogens is 1. The van der Waals surface area contributed by atoms with Crippen molar-refractivity contribution < 1.29 is 19.1 Å². The van der Waals surface area contributed by atoms with Crippen molar-refractivity contribution >= 4 is 40.7 Å². The second-order valence-electron chi connectivity index (χ2n) is 6.44. The average molecular weight is 438 g/mol. The van der Waals surface area contributed by atoms with Crippen LogP contribution in [0.3, 0.4) is 0 Å². The Hall–Kier alpha value is -3.84. The van der Waals surface area contributed by atoms with Crippen LogP contribution < -0.4 is 20.7 Å². The number of para-hydroxylation sites is 2. The largest absolute Gasteiger partial charge is 0.483 e. The van der Waals surface area contributed by atoms with E-state index < -0.39 is 5.91 Å². The standard InChI is InChI=1S/C23H20ClN3O4/c24-16-10-12-18(13-11-16)27-22(29)15-31-20-9-5-4-8-19(20)23(30)25-14-21(28)26-17-6-2-1-3-7-17/h1-13H,14-15H2,(H,25,30)(H,26,28)(H,27,29). The Kier molecular flexibility index (Phi) is 7.61. The minimum absolute atomic E-state index is 0.209. The summed E-state index contributed by atoms with van der Waals surface area (Å²) < 4.78 is 5.52. The molecule has 3 rings (SSSR count). The highest BCUT2D eigenvalue weighted by Gasteiger charge is 2.14. The number of rotatable bonds is 8. The van der Waals surface area contributed by atoms with E-state index in [-0.39, 0.29) is 36.3 Å². The van der Waals surface area contributed by atoms with Crippen molar-refractivity contribution in [2.45, 2.75) is 0 Å². The molecule has 8 heteroatoms. The number of ether oxygens (including phenoxy) is 1. The number of amides is 3. The van der Waals surface area contributed by atoms with Gasteiger partial charge < -0.3 is 20.7 Å². The monoisotopic (exact) mass is 437 g/mol. The molecule has 3 aromatic carbocycles. The van der Waals surface area contributed by atoms with Crippen LogP contribution in [0.25, 0.3) is 0 Å². The smallest absolute Gasteiger partial charge is 0.262 e. The number of benzene rings is 3. The van der Waals surface area contributed by atoms with Gasteiger partial charge in [-0.3, -0.25) is 14.4 Å². The van der Waals surface area contributed by atoms with Crippen LogP contribution in [-0.2, 0) is 9.59 Å². The normalized spacial score (nSPS) is 10.1. The molecule has 0 aliphatic rings. The summed E-state index contributed by atoms with van der Waals surface area (Å²) >= 11 is 5.82. The summed E-state index contributed by atoms with van der Waals surface area (Å²) in [5, 5.41) is 8.47. The SMILES string of the molecule is O=C(CNC(=O)c1ccccc1OCC(=O)Nc1ccc(Cl)cc1)Nc1ccccc1. The number of hydrogen-bond donors (Lipinski definition) is 3. The molecule has 0 heterocycles. The van der Waals surface area contributed by atoms with Gasteiger partial charge in [0.1, 0.15) is 5.75 Å². The molecule has 7 nitrogen and oxygen atoms in total. The molecule has 0 aromatic heterocycles. The highest BCUT2D eigenvalue weighted by atomic mass is 35.5. The van der Waals surface area contributed by atoms with Crippen molar-refractivity contribution in [3.8, 4) is 5.75 Å². The topological polar surface area (TPSA) is 96.5 Å². The molecule has 0 aliphatic heterocycles. The fourth-order valence-electron chi connectivity index (χ4n) is 2.64. The van der Waals surface area contributed by atoms with Gasteiger partial charge in [-0.15, -0.1) is 0 Å². The maximum atomic E-state index is 12.5. The molecule has 0 saturated carbocycles. The van der Waals surface area contributed by atoms with Crippen molar-refractivity contribution in [3.63, 3.8) is 0 Å². The van der Waals surface area contributed by atoms with E-state index in [0.717, 1.165) is 0 Å². The van der Waals surface area contributed by atoms with Gasteiger partial charge >= 0.3 is 0 Å². The molecule has 0 spiro atoms. The fourth-order valence-corrected chi connectivity index (χ4v) is 2.76. The van der Waals surface area contributed by atoms with E-state index in [0.29, 0.717) is 16.4 Å². The van der Waals surface area contributed by atoms with Gasteiger partial charge in [-0.05, 0) is 48.5 Å². The summed E-state index contributed by atoms with van der Waals surface area (Å²) in [6, 6.07) is 22.1. The van der Waals surface area contributed by atoms with E-state index in [2.05, 4.69) is 16.0 Å². The van der Waals surface area contributed by atoms with Crippen molar-refractivity contribution in [2.75, 3.05) is 23.8 Å². The maximum absolute atomic E-state index is 12.5. The van der Waals surface area contributed by atoms with Crippen molar-refractivity contribution in [1.82, 2.24) is 5.32 Å². The van der Waals surface area contributed by atoms with Crippen molar-refractivity contribution in [3.05, 3.63) is 89.4 Å². The van der Waals surface area contributed by atoms with E-state index in [1.807, 2.05) is 6.07 Å². The van der Waals surface area contributed by atoms with E-state index in [1.54, 1.807) is 72.8 Å². The zero-order chi connectivity index (χ0) is 22.1. The number of nitrogens with one attached hydrogen (secondary N) is 3. The average Bonchev–Trinajstić information content (AvgIpc) is 2.78. The Balaban J connectivity index is 1.52. The van der Waals surface area contributed by atoms with Crippen LogP contribution in [0.15, 0.2) is 78.9 Å². The Morgan fingerprint density at radius 3 is 2.10 bits per heavy atom. The molecule has 0 saturated heterocycles. The maximum Gasteiger partial charge on any atom is 0.262 e. The van der Waals surface area contributed by atoms with Crippen molar-refractivity contribution in [2.24, 2.45) is 0 Å². The van der Waals surface area contributed by atoms with Crippen LogP contribution in [0.4, 0.5) is 11.4 Å². The molecule has 0 bridgehead atoms. The zero-order valence-electron chi connectivity index (χ0n) is 16.4. The molecule has 0 fully saturated rings. The number of hydrogen-bond acceptors (Lipinski definition) is 4. The lowest BCUT2D eigenvalue weighted by Gasteiger charge is -2.12. The lowest BCUT2D eigenvalue weighted by atomic mass is 10.2. The summed E-state index contributed by atoms with van der Waals surface area (Å²) in [6.07, 6.45) is 0. The third-order valence-electron chi connectivity index (χ3n) is 4.09. The molecule has 158 valence electrons. The second kappa shape index (κ2) is 10.8. The molecular formula is C23H20ClN3O4. The summed E-state index contributed by atoms with van der Waals surface area (Å²) in [4.78, 5) is 36.6. The van der Waals surface area contributed by atoms with Crippen LogP contribution in [0.1, 0.15) is 10.4 Å². The molecule has 0 radical (unpaired) electrons. The van der Waals surface area contributed by atoms with E-state index in [9.17, 15) is 14.4 Å². The van der Waals surface area contributed by atoms with Crippen LogP contribution in [0.2, 0.25) is 5.02 Å². The molecule has 3 N–H and O–H groups in total. The third kappa shape index (κ3) is 6.87. The fraction of sp³-hybridized carbons (Fsp3) is 0.0870. The first kappa shape index (κ1) is 21.9. The molecule has 0 atom stereocenters. The first-order chi connectivity index (χ1) is 15.0.